The second kappa shape index (κ2) is 10.4. The van der Waals surface area contributed by atoms with Gasteiger partial charge in [-0.1, -0.05) is 41.9 Å². The number of carbonyl (C=O) groups is 1. The number of nitriles is 1. The van der Waals surface area contributed by atoms with Gasteiger partial charge in [0, 0.05) is 10.7 Å². The molecule has 3 aromatic rings. The van der Waals surface area contributed by atoms with Crippen molar-refractivity contribution in [3.63, 3.8) is 0 Å². The highest BCUT2D eigenvalue weighted by atomic mass is 79.9. The van der Waals surface area contributed by atoms with Crippen LogP contribution in [0.15, 0.2) is 81.2 Å². The number of hydrogen-bond donors (Lipinski definition) is 1. The lowest BCUT2D eigenvalue weighted by Crippen LogP contribution is -2.13. The Bertz CT molecular complexity index is 1100. The van der Waals surface area contributed by atoms with Crippen molar-refractivity contribution in [2.75, 3.05) is 5.32 Å². The molecule has 0 radical (unpaired) electrons. The van der Waals surface area contributed by atoms with E-state index in [-0.39, 0.29) is 5.57 Å². The van der Waals surface area contributed by atoms with Gasteiger partial charge in [0.25, 0.3) is 5.91 Å². The Hall–Kier alpha value is -2.59. The minimum Gasteiger partial charge on any atom is -0.487 e. The highest BCUT2D eigenvalue weighted by Gasteiger charge is 2.13. The van der Waals surface area contributed by atoms with E-state index in [4.69, 9.17) is 16.3 Å². The number of nitrogens with zero attached hydrogens (tertiary/aromatic N) is 1. The molecule has 7 heteroatoms. The molecule has 0 heterocycles. The highest BCUT2D eigenvalue weighted by molar-refractivity contribution is 9.11. The zero-order valence-electron chi connectivity index (χ0n) is 15.5. The number of anilines is 1. The lowest BCUT2D eigenvalue weighted by atomic mass is 10.1. The average molecular weight is 547 g/mol. The smallest absolute Gasteiger partial charge is 0.266 e. The van der Waals surface area contributed by atoms with Crippen molar-refractivity contribution >= 4 is 61.1 Å². The van der Waals surface area contributed by atoms with Crippen LogP contribution in [0, 0.1) is 11.3 Å². The number of rotatable bonds is 6. The molecule has 0 bridgehead atoms. The monoisotopic (exact) mass is 544 g/mol. The fourth-order valence-corrected chi connectivity index (χ4v) is 4.15. The molecule has 0 spiro atoms. The maximum atomic E-state index is 12.4. The second-order valence-corrected chi connectivity index (χ2v) is 8.36. The van der Waals surface area contributed by atoms with Gasteiger partial charge in [0.15, 0.2) is 0 Å². The van der Waals surface area contributed by atoms with Gasteiger partial charge in [-0.2, -0.15) is 5.26 Å². The van der Waals surface area contributed by atoms with Gasteiger partial charge >= 0.3 is 0 Å². The van der Waals surface area contributed by atoms with Gasteiger partial charge in [0.2, 0.25) is 0 Å². The first kappa shape index (κ1) is 22.1. The number of carbonyl (C=O) groups excluding carboxylic acids is 1. The normalized spacial score (nSPS) is 10.9. The summed E-state index contributed by atoms with van der Waals surface area (Å²) < 4.78 is 7.29. The van der Waals surface area contributed by atoms with E-state index >= 15 is 0 Å². The first-order valence-corrected chi connectivity index (χ1v) is 10.8. The summed E-state index contributed by atoms with van der Waals surface area (Å²) >= 11 is 12.9. The summed E-state index contributed by atoms with van der Waals surface area (Å²) in [7, 11) is 0. The van der Waals surface area contributed by atoms with E-state index in [0.29, 0.717) is 37.6 Å². The summed E-state index contributed by atoms with van der Waals surface area (Å²) in [5, 5.41) is 12.8. The molecule has 1 N–H and O–H groups in total. The Balaban J connectivity index is 1.76. The van der Waals surface area contributed by atoms with E-state index < -0.39 is 5.91 Å². The Morgan fingerprint density at radius 2 is 1.70 bits per heavy atom. The van der Waals surface area contributed by atoms with E-state index in [2.05, 4.69) is 37.2 Å². The van der Waals surface area contributed by atoms with E-state index in [1.807, 2.05) is 48.5 Å². The molecule has 0 saturated heterocycles. The minimum atomic E-state index is -0.473. The molecular formula is C23H15Br2ClN2O2. The molecule has 3 rings (SSSR count). The molecule has 4 nitrogen and oxygen atoms in total. The van der Waals surface area contributed by atoms with Crippen molar-refractivity contribution < 1.29 is 9.53 Å². The van der Waals surface area contributed by atoms with Crippen LogP contribution in [0.5, 0.6) is 5.75 Å². The second-order valence-electron chi connectivity index (χ2n) is 6.22. The molecule has 0 unspecified atom stereocenters. The van der Waals surface area contributed by atoms with E-state index in [9.17, 15) is 10.1 Å². The third-order valence-corrected chi connectivity index (χ3v) is 5.45. The van der Waals surface area contributed by atoms with Gasteiger partial charge in [-0.25, -0.2) is 0 Å². The topological polar surface area (TPSA) is 62.1 Å². The van der Waals surface area contributed by atoms with E-state index in [1.165, 1.54) is 6.08 Å². The Labute approximate surface area is 196 Å². The molecule has 0 aromatic heterocycles. The summed E-state index contributed by atoms with van der Waals surface area (Å²) in [6.07, 6.45) is 1.52. The lowest BCUT2D eigenvalue weighted by Gasteiger charge is -2.12. The van der Waals surface area contributed by atoms with Crippen molar-refractivity contribution in [1.29, 1.82) is 5.26 Å². The van der Waals surface area contributed by atoms with Crippen molar-refractivity contribution in [3.8, 4) is 11.8 Å². The van der Waals surface area contributed by atoms with Crippen molar-refractivity contribution in [2.24, 2.45) is 0 Å². The van der Waals surface area contributed by atoms with Crippen LogP contribution in [0.1, 0.15) is 11.1 Å². The Morgan fingerprint density at radius 3 is 2.30 bits per heavy atom. The molecule has 1 amide bonds. The van der Waals surface area contributed by atoms with Crippen LogP contribution in [0.3, 0.4) is 0 Å². The zero-order valence-corrected chi connectivity index (χ0v) is 19.5. The summed E-state index contributed by atoms with van der Waals surface area (Å²) in [6.45, 7) is 0.368. The number of para-hydroxylation sites is 1. The SMILES string of the molecule is N#C/C(=C/c1cc(Br)c(OCc2ccc(Cl)cc2)c(Br)c1)C(=O)Nc1ccccc1. The standard InChI is InChI=1S/C23H15Br2ClN2O2/c24-20-11-16(10-17(13-27)23(29)28-19-4-2-1-3-5-19)12-21(25)22(20)30-14-15-6-8-18(26)9-7-15/h1-12H,14H2,(H,28,29)/b17-10-. The molecule has 0 atom stereocenters. The molecule has 30 heavy (non-hydrogen) atoms. The first-order chi connectivity index (χ1) is 14.5. The lowest BCUT2D eigenvalue weighted by molar-refractivity contribution is -0.112. The molecule has 3 aromatic carbocycles. The summed E-state index contributed by atoms with van der Waals surface area (Å²) in [4.78, 5) is 12.4. The maximum Gasteiger partial charge on any atom is 0.266 e. The predicted molar refractivity (Wildman–Crippen MR) is 126 cm³/mol. The number of ether oxygens (including phenoxy) is 1. The summed E-state index contributed by atoms with van der Waals surface area (Å²) in [5.74, 6) is 0.147. The highest BCUT2D eigenvalue weighted by Crippen LogP contribution is 2.36. The molecule has 0 saturated carbocycles. The van der Waals surface area contributed by atoms with E-state index in [1.54, 1.807) is 24.3 Å². The van der Waals surface area contributed by atoms with Crippen LogP contribution in [0.4, 0.5) is 5.69 Å². The maximum absolute atomic E-state index is 12.4. The molecule has 150 valence electrons. The van der Waals surface area contributed by atoms with Crippen LogP contribution >= 0.6 is 43.5 Å². The number of hydrogen-bond acceptors (Lipinski definition) is 3. The zero-order chi connectivity index (χ0) is 21.5. The number of nitrogens with one attached hydrogen (secondary N) is 1. The van der Waals surface area contributed by atoms with Gasteiger partial charge < -0.3 is 10.1 Å². The summed E-state index contributed by atoms with van der Waals surface area (Å²) in [5.41, 5.74) is 2.27. The minimum absolute atomic E-state index is 0.00696. The van der Waals surface area contributed by atoms with Gasteiger partial charge in [0.1, 0.15) is 24.0 Å². The van der Waals surface area contributed by atoms with Gasteiger partial charge in [-0.3, -0.25) is 4.79 Å². The molecule has 0 aliphatic heterocycles. The van der Waals surface area contributed by atoms with Crippen LogP contribution in [-0.2, 0) is 11.4 Å². The van der Waals surface area contributed by atoms with Crippen LogP contribution < -0.4 is 10.1 Å². The third kappa shape index (κ3) is 5.96. The molecule has 0 aliphatic carbocycles. The van der Waals surface area contributed by atoms with Crippen LogP contribution in [0.25, 0.3) is 6.08 Å². The molecular weight excluding hydrogens is 532 g/mol. The average Bonchev–Trinajstić information content (AvgIpc) is 2.73. The fraction of sp³-hybridized carbons (Fsp3) is 0.0435. The van der Waals surface area contributed by atoms with Crippen LogP contribution in [0.2, 0.25) is 5.02 Å². The van der Waals surface area contributed by atoms with E-state index in [0.717, 1.165) is 5.56 Å². The Morgan fingerprint density at radius 1 is 1.07 bits per heavy atom. The number of halogens is 3. The van der Waals surface area contributed by atoms with Crippen molar-refractivity contribution in [3.05, 3.63) is 97.4 Å². The van der Waals surface area contributed by atoms with Gasteiger partial charge in [0.05, 0.1) is 8.95 Å². The fourth-order valence-electron chi connectivity index (χ4n) is 2.57. The quantitative estimate of drug-likeness (QED) is 0.268. The largest absolute Gasteiger partial charge is 0.487 e. The van der Waals surface area contributed by atoms with Gasteiger partial charge in [-0.15, -0.1) is 0 Å². The Kier molecular flexibility index (Phi) is 7.69. The first-order valence-electron chi connectivity index (χ1n) is 8.81. The van der Waals surface area contributed by atoms with Crippen molar-refractivity contribution in [1.82, 2.24) is 0 Å². The van der Waals surface area contributed by atoms with Crippen LogP contribution in [-0.4, -0.2) is 5.91 Å². The van der Waals surface area contributed by atoms with Gasteiger partial charge in [-0.05, 0) is 85.5 Å². The van der Waals surface area contributed by atoms with Crippen molar-refractivity contribution in [2.45, 2.75) is 6.61 Å². The number of amides is 1. The molecule has 0 aliphatic rings. The predicted octanol–water partition coefficient (Wildman–Crippen LogP) is 6.99. The summed E-state index contributed by atoms with van der Waals surface area (Å²) in [6, 6.07) is 21.9. The third-order valence-electron chi connectivity index (χ3n) is 4.02. The molecule has 0 fully saturated rings. The number of benzene rings is 3.